The lowest BCUT2D eigenvalue weighted by Crippen LogP contribution is -2.28. The predicted octanol–water partition coefficient (Wildman–Crippen LogP) is 6.00. The van der Waals surface area contributed by atoms with Gasteiger partial charge >= 0.3 is 5.97 Å². The van der Waals surface area contributed by atoms with Gasteiger partial charge in [-0.05, 0) is 70.0 Å². The molecule has 0 amide bonds. The first-order valence-corrected chi connectivity index (χ1v) is 11.8. The summed E-state index contributed by atoms with van der Waals surface area (Å²) >= 11 is 1.56. The summed E-state index contributed by atoms with van der Waals surface area (Å²) < 4.78 is 13.0. The van der Waals surface area contributed by atoms with Crippen molar-refractivity contribution in [2.45, 2.75) is 52.7 Å². The number of ether oxygens (including phenoxy) is 2. The maximum atomic E-state index is 12.5. The highest BCUT2D eigenvalue weighted by atomic mass is 32.1. The summed E-state index contributed by atoms with van der Waals surface area (Å²) in [7, 11) is 0. The van der Waals surface area contributed by atoms with Gasteiger partial charge in [0.25, 0.3) is 0 Å². The standard InChI is InChI=1S/C26H26N2O4S/c1-13-12-17-24(33-14(2)28-17)21(19(13)23(25(29)30)32-26(3,4)5)16-6-7-18-20-15(9-11-31-18)8-10-27-22(16)20/h6-8,10,12,23H,9,11H2,1-5H3,(H,29,30)/t23-/m0/s1. The van der Waals surface area contributed by atoms with Crippen molar-refractivity contribution in [2.24, 2.45) is 0 Å². The molecule has 0 spiro atoms. The van der Waals surface area contributed by atoms with Crippen LogP contribution in [0.25, 0.3) is 32.2 Å². The molecule has 0 radical (unpaired) electrons. The van der Waals surface area contributed by atoms with E-state index in [4.69, 9.17) is 19.4 Å². The number of carboxylic acids is 1. The molecule has 0 saturated carbocycles. The van der Waals surface area contributed by atoms with Gasteiger partial charge in [0.05, 0.1) is 32.9 Å². The molecule has 7 heteroatoms. The number of benzene rings is 2. The van der Waals surface area contributed by atoms with Crippen LogP contribution in [0.15, 0.2) is 30.5 Å². The summed E-state index contributed by atoms with van der Waals surface area (Å²) in [5.41, 5.74) is 5.39. The first kappa shape index (κ1) is 21.8. The van der Waals surface area contributed by atoms with Gasteiger partial charge < -0.3 is 14.6 Å². The molecular weight excluding hydrogens is 436 g/mol. The Morgan fingerprint density at radius 1 is 1.24 bits per heavy atom. The summed E-state index contributed by atoms with van der Waals surface area (Å²) in [6.07, 6.45) is 1.51. The van der Waals surface area contributed by atoms with Crippen LogP contribution < -0.4 is 4.74 Å². The van der Waals surface area contributed by atoms with E-state index in [0.717, 1.165) is 55.0 Å². The number of nitrogens with zero attached hydrogens (tertiary/aromatic N) is 2. The Hall–Kier alpha value is -3.03. The third-order valence-electron chi connectivity index (χ3n) is 5.83. The van der Waals surface area contributed by atoms with E-state index < -0.39 is 17.7 Å². The fourth-order valence-corrected chi connectivity index (χ4v) is 5.59. The van der Waals surface area contributed by atoms with E-state index in [0.29, 0.717) is 12.2 Å². The molecule has 0 fully saturated rings. The zero-order chi connectivity index (χ0) is 23.5. The zero-order valence-electron chi connectivity index (χ0n) is 19.4. The Morgan fingerprint density at radius 3 is 2.76 bits per heavy atom. The van der Waals surface area contributed by atoms with E-state index in [1.165, 1.54) is 5.56 Å². The Morgan fingerprint density at radius 2 is 2.03 bits per heavy atom. The molecule has 2 aromatic carbocycles. The summed E-state index contributed by atoms with van der Waals surface area (Å²) in [6, 6.07) is 7.95. The molecule has 0 saturated heterocycles. The molecular formula is C26H26N2O4S. The quantitative estimate of drug-likeness (QED) is 0.400. The van der Waals surface area contributed by atoms with Gasteiger partial charge in [-0.15, -0.1) is 11.3 Å². The number of aliphatic carboxylic acids is 1. The van der Waals surface area contributed by atoms with E-state index in [1.807, 2.05) is 65.1 Å². The van der Waals surface area contributed by atoms with Gasteiger partial charge in [0.2, 0.25) is 0 Å². The largest absolute Gasteiger partial charge is 0.493 e. The van der Waals surface area contributed by atoms with Gasteiger partial charge in [0, 0.05) is 34.7 Å². The number of carbonyl (C=O) groups is 1. The number of aromatic nitrogens is 2. The first-order chi connectivity index (χ1) is 15.6. The minimum Gasteiger partial charge on any atom is -0.493 e. The van der Waals surface area contributed by atoms with Crippen LogP contribution in [0.2, 0.25) is 0 Å². The maximum absolute atomic E-state index is 12.5. The van der Waals surface area contributed by atoms with Gasteiger partial charge in [0.15, 0.2) is 6.10 Å². The lowest BCUT2D eigenvalue weighted by atomic mass is 9.89. The average Bonchev–Trinajstić information content (AvgIpc) is 3.11. The number of carboxylic acid groups (broad SMARTS) is 1. The lowest BCUT2D eigenvalue weighted by Gasteiger charge is -2.28. The molecule has 1 aliphatic heterocycles. The van der Waals surface area contributed by atoms with Crippen LogP contribution in [0.1, 0.15) is 48.6 Å². The molecule has 1 aliphatic rings. The number of pyridine rings is 1. The van der Waals surface area contributed by atoms with Crippen LogP contribution in [0.3, 0.4) is 0 Å². The van der Waals surface area contributed by atoms with Crippen molar-refractivity contribution in [3.8, 4) is 16.9 Å². The minimum absolute atomic E-state index is 0.639. The van der Waals surface area contributed by atoms with E-state index in [1.54, 1.807) is 11.3 Å². The number of aryl methyl sites for hydroxylation is 2. The first-order valence-electron chi connectivity index (χ1n) is 11.0. The van der Waals surface area contributed by atoms with Crippen molar-refractivity contribution in [3.63, 3.8) is 0 Å². The van der Waals surface area contributed by atoms with E-state index in [2.05, 4.69) is 0 Å². The van der Waals surface area contributed by atoms with Gasteiger partial charge in [-0.3, -0.25) is 4.98 Å². The maximum Gasteiger partial charge on any atom is 0.337 e. The van der Waals surface area contributed by atoms with E-state index in [9.17, 15) is 9.90 Å². The van der Waals surface area contributed by atoms with Crippen molar-refractivity contribution in [2.75, 3.05) is 6.61 Å². The van der Waals surface area contributed by atoms with Crippen LogP contribution in [-0.4, -0.2) is 33.3 Å². The number of thiazole rings is 1. The third-order valence-corrected chi connectivity index (χ3v) is 6.84. The topological polar surface area (TPSA) is 81.5 Å². The minimum atomic E-state index is -1.13. The average molecular weight is 463 g/mol. The molecule has 170 valence electrons. The summed E-state index contributed by atoms with van der Waals surface area (Å²) in [4.78, 5) is 22.0. The Balaban J connectivity index is 1.90. The van der Waals surface area contributed by atoms with Crippen LogP contribution in [0.5, 0.6) is 5.75 Å². The molecule has 0 bridgehead atoms. The highest BCUT2D eigenvalue weighted by molar-refractivity contribution is 7.19. The SMILES string of the molecule is Cc1nc2cc(C)c([C@H](OC(C)(C)C)C(=O)O)c(-c3ccc4c5c(ccnc35)CCO4)c2s1. The molecule has 1 N–H and O–H groups in total. The second kappa shape index (κ2) is 7.78. The highest BCUT2D eigenvalue weighted by Crippen LogP contribution is 2.46. The zero-order valence-corrected chi connectivity index (χ0v) is 20.2. The second-order valence-electron chi connectivity index (χ2n) is 9.42. The molecule has 1 atom stereocenters. The fraction of sp³-hybridized carbons (Fsp3) is 0.346. The molecule has 0 unspecified atom stereocenters. The molecule has 5 rings (SSSR count). The number of hydrogen-bond donors (Lipinski definition) is 1. The molecule has 33 heavy (non-hydrogen) atoms. The van der Waals surface area contributed by atoms with Crippen molar-refractivity contribution in [3.05, 3.63) is 52.2 Å². The van der Waals surface area contributed by atoms with Gasteiger partial charge in [-0.25, -0.2) is 9.78 Å². The lowest BCUT2D eigenvalue weighted by molar-refractivity contribution is -0.160. The fourth-order valence-electron chi connectivity index (χ4n) is 4.62. The van der Waals surface area contributed by atoms with Crippen molar-refractivity contribution in [1.29, 1.82) is 0 Å². The predicted molar refractivity (Wildman–Crippen MR) is 130 cm³/mol. The Labute approximate surface area is 196 Å². The normalized spacial score (nSPS) is 14.5. The number of rotatable bonds is 4. The van der Waals surface area contributed by atoms with Crippen LogP contribution >= 0.6 is 11.3 Å². The van der Waals surface area contributed by atoms with Crippen molar-refractivity contribution in [1.82, 2.24) is 9.97 Å². The molecule has 0 aliphatic carbocycles. The van der Waals surface area contributed by atoms with E-state index >= 15 is 0 Å². The Kier molecular flexibility index (Phi) is 5.14. The summed E-state index contributed by atoms with van der Waals surface area (Å²) in [5, 5.41) is 12.2. The van der Waals surface area contributed by atoms with Gasteiger partial charge in [0.1, 0.15) is 5.75 Å². The van der Waals surface area contributed by atoms with Crippen LogP contribution in [0.4, 0.5) is 0 Å². The smallest absolute Gasteiger partial charge is 0.337 e. The second-order valence-corrected chi connectivity index (χ2v) is 10.6. The van der Waals surface area contributed by atoms with Crippen LogP contribution in [-0.2, 0) is 16.0 Å². The van der Waals surface area contributed by atoms with E-state index in [-0.39, 0.29) is 0 Å². The molecule has 2 aromatic heterocycles. The summed E-state index contributed by atoms with van der Waals surface area (Å²) in [5.74, 6) is -0.205. The van der Waals surface area contributed by atoms with Gasteiger partial charge in [-0.2, -0.15) is 0 Å². The monoisotopic (exact) mass is 462 g/mol. The highest BCUT2D eigenvalue weighted by Gasteiger charge is 2.33. The molecule has 4 aromatic rings. The van der Waals surface area contributed by atoms with Crippen LogP contribution in [0, 0.1) is 13.8 Å². The molecule has 6 nitrogen and oxygen atoms in total. The number of fused-ring (bicyclic) bond motifs is 1. The Bertz CT molecular complexity index is 1410. The molecule has 3 heterocycles. The third kappa shape index (κ3) is 3.75. The van der Waals surface area contributed by atoms with Crippen molar-refractivity contribution < 1.29 is 19.4 Å². The summed E-state index contributed by atoms with van der Waals surface area (Å²) in [6.45, 7) is 10.1. The number of hydrogen-bond acceptors (Lipinski definition) is 6. The van der Waals surface area contributed by atoms with Gasteiger partial charge in [-0.1, -0.05) is 0 Å². The van der Waals surface area contributed by atoms with Crippen molar-refractivity contribution >= 4 is 38.4 Å².